The lowest BCUT2D eigenvalue weighted by Gasteiger charge is -2.36. The summed E-state index contributed by atoms with van der Waals surface area (Å²) in [6.45, 7) is 4.77. The number of hydrogen-bond donors (Lipinski definition) is 0. The second kappa shape index (κ2) is 2.46. The maximum Gasteiger partial charge on any atom is 0.0595 e. The zero-order valence-corrected chi connectivity index (χ0v) is 5.26. The molecule has 1 heterocycles. The molecule has 48 valence electrons. The van der Waals surface area contributed by atoms with Crippen molar-refractivity contribution in [1.29, 1.82) is 0 Å². The minimum absolute atomic E-state index is 0.503. The van der Waals surface area contributed by atoms with E-state index in [-0.39, 0.29) is 0 Å². The maximum atomic E-state index is 5.17. The third kappa shape index (κ3) is 1.20. The van der Waals surface area contributed by atoms with Crippen LogP contribution in [0.25, 0.3) is 0 Å². The highest BCUT2D eigenvalue weighted by Crippen LogP contribution is 2.02. The summed E-state index contributed by atoms with van der Waals surface area (Å²) in [5.74, 6) is 0. The fourth-order valence-electron chi connectivity index (χ4n) is 0.761. The molecule has 1 aliphatic heterocycles. The van der Waals surface area contributed by atoms with Gasteiger partial charge < -0.3 is 9.64 Å². The summed E-state index contributed by atoms with van der Waals surface area (Å²) in [4.78, 5) is 2.06. The third-order valence-electron chi connectivity index (χ3n) is 1.51. The number of nitrogens with zero attached hydrogens (tertiary/aromatic N) is 1. The molecule has 2 heteroatoms. The predicted octanol–water partition coefficient (Wildman–Crippen LogP) is 0.499. The smallest absolute Gasteiger partial charge is 0.0595 e. The third-order valence-corrected chi connectivity index (χ3v) is 1.51. The van der Waals surface area contributed by atoms with E-state index >= 15 is 0 Å². The normalized spacial score (nSPS) is 33.0. The van der Waals surface area contributed by atoms with Crippen molar-refractivity contribution in [3.05, 3.63) is 7.05 Å². The molecule has 0 radical (unpaired) electrons. The van der Waals surface area contributed by atoms with Gasteiger partial charge in [-0.05, 0) is 13.5 Å². The molecule has 0 saturated carbocycles. The Labute approximate surface area is 50.4 Å². The molecule has 0 aromatic rings. The molecule has 8 heavy (non-hydrogen) atoms. The fraction of sp³-hybridized carbons (Fsp3) is 0.833. The molecule has 0 aromatic carbocycles. The van der Waals surface area contributed by atoms with Crippen molar-refractivity contribution in [3.63, 3.8) is 0 Å². The summed E-state index contributed by atoms with van der Waals surface area (Å²) in [6, 6.07) is 0.503. The van der Waals surface area contributed by atoms with Crippen molar-refractivity contribution in [2.75, 3.05) is 19.8 Å². The summed E-state index contributed by atoms with van der Waals surface area (Å²) in [6.07, 6.45) is 0. The first-order chi connectivity index (χ1) is 3.80. The van der Waals surface area contributed by atoms with E-state index in [9.17, 15) is 0 Å². The van der Waals surface area contributed by atoms with E-state index in [1.165, 1.54) is 0 Å². The first kappa shape index (κ1) is 6.05. The molecular weight excluding hydrogens is 102 g/mol. The van der Waals surface area contributed by atoms with Crippen LogP contribution >= 0.6 is 0 Å². The monoisotopic (exact) mass is 114 g/mol. The molecule has 0 aliphatic carbocycles. The van der Waals surface area contributed by atoms with Crippen molar-refractivity contribution in [2.24, 2.45) is 0 Å². The lowest BCUT2D eigenvalue weighted by Crippen LogP contribution is -2.39. The van der Waals surface area contributed by atoms with E-state index in [1.54, 1.807) is 0 Å². The summed E-state index contributed by atoms with van der Waals surface area (Å²) >= 11 is 0. The molecule has 0 unspecified atom stereocenters. The van der Waals surface area contributed by atoms with Crippen LogP contribution in [0.3, 0.4) is 0 Å². The van der Waals surface area contributed by atoms with Crippen molar-refractivity contribution < 1.29 is 4.74 Å². The van der Waals surface area contributed by atoms with Gasteiger partial charge in [0.1, 0.15) is 0 Å². The van der Waals surface area contributed by atoms with Crippen LogP contribution in [0.2, 0.25) is 0 Å². The van der Waals surface area contributed by atoms with E-state index in [0.717, 1.165) is 19.8 Å². The van der Waals surface area contributed by atoms with Gasteiger partial charge in [-0.15, -0.1) is 0 Å². The van der Waals surface area contributed by atoms with Gasteiger partial charge in [0.25, 0.3) is 0 Å². The van der Waals surface area contributed by atoms with Crippen LogP contribution < -0.4 is 0 Å². The summed E-state index contributed by atoms with van der Waals surface area (Å²) in [5.41, 5.74) is 0. The summed E-state index contributed by atoms with van der Waals surface area (Å²) in [5, 5.41) is 0. The lowest BCUT2D eigenvalue weighted by molar-refractivity contribution is 0.0217. The van der Waals surface area contributed by atoms with Gasteiger partial charge >= 0.3 is 0 Å². The van der Waals surface area contributed by atoms with Crippen molar-refractivity contribution in [3.8, 4) is 0 Å². The van der Waals surface area contributed by atoms with Gasteiger partial charge in [-0.25, -0.2) is 0 Å². The van der Waals surface area contributed by atoms with E-state index in [0.29, 0.717) is 6.04 Å². The molecule has 0 bridgehead atoms. The number of rotatable bonds is 0. The van der Waals surface area contributed by atoms with Gasteiger partial charge in [0.05, 0.1) is 13.2 Å². The first-order valence-electron chi connectivity index (χ1n) is 2.95. The van der Waals surface area contributed by atoms with Crippen LogP contribution in [0, 0.1) is 7.05 Å². The standard InChI is InChI=1S/C6H12NO/c1-6-5-8-4-3-7(6)2/h6H,2-5H2,1H3/q-1/t6-/m1/s1. The zero-order valence-electron chi connectivity index (χ0n) is 5.26. The molecule has 0 spiro atoms. The fourth-order valence-corrected chi connectivity index (χ4v) is 0.761. The Hall–Kier alpha value is -0.0800. The van der Waals surface area contributed by atoms with Crippen molar-refractivity contribution >= 4 is 0 Å². The summed E-state index contributed by atoms with van der Waals surface area (Å²) < 4.78 is 5.17. The van der Waals surface area contributed by atoms with Crippen LogP contribution in [0.5, 0.6) is 0 Å². The van der Waals surface area contributed by atoms with E-state index in [1.807, 2.05) is 0 Å². The highest BCUT2D eigenvalue weighted by molar-refractivity contribution is 4.68. The minimum Gasteiger partial charge on any atom is -0.453 e. The van der Waals surface area contributed by atoms with Gasteiger partial charge in [-0.3, -0.25) is 7.05 Å². The molecule has 0 N–H and O–H groups in total. The van der Waals surface area contributed by atoms with Gasteiger partial charge in [0.2, 0.25) is 0 Å². The van der Waals surface area contributed by atoms with Gasteiger partial charge in [-0.1, -0.05) is 0 Å². The minimum atomic E-state index is 0.503. The Morgan fingerprint density at radius 2 is 2.50 bits per heavy atom. The number of ether oxygens (including phenoxy) is 1. The number of morpholine rings is 1. The van der Waals surface area contributed by atoms with Gasteiger partial charge in [0, 0.05) is 6.04 Å². The molecular formula is C6H12NO-. The Balaban J connectivity index is 2.28. The van der Waals surface area contributed by atoms with Crippen molar-refractivity contribution in [2.45, 2.75) is 13.0 Å². The van der Waals surface area contributed by atoms with Crippen LogP contribution in [0.4, 0.5) is 0 Å². The van der Waals surface area contributed by atoms with Crippen LogP contribution in [-0.4, -0.2) is 30.7 Å². The molecule has 1 aliphatic rings. The van der Waals surface area contributed by atoms with E-state index < -0.39 is 0 Å². The lowest BCUT2D eigenvalue weighted by atomic mass is 10.3. The predicted molar refractivity (Wildman–Crippen MR) is 32.3 cm³/mol. The SMILES string of the molecule is [CH2-]N1CCOC[C@H]1C. The number of hydrogen-bond acceptors (Lipinski definition) is 2. The molecule has 0 aromatic heterocycles. The highest BCUT2D eigenvalue weighted by atomic mass is 16.5. The second-order valence-electron chi connectivity index (χ2n) is 2.24. The first-order valence-corrected chi connectivity index (χ1v) is 2.95. The molecule has 1 rings (SSSR count). The zero-order chi connectivity index (χ0) is 5.98. The Kier molecular flexibility index (Phi) is 1.86. The van der Waals surface area contributed by atoms with Crippen LogP contribution in [0.1, 0.15) is 6.92 Å². The van der Waals surface area contributed by atoms with Gasteiger partial charge in [0.15, 0.2) is 0 Å². The average Bonchev–Trinajstić information content (AvgIpc) is 1.77. The Morgan fingerprint density at radius 3 is 2.88 bits per heavy atom. The summed E-state index contributed by atoms with van der Waals surface area (Å²) in [7, 11) is 3.83. The van der Waals surface area contributed by atoms with E-state index in [2.05, 4.69) is 18.9 Å². The largest absolute Gasteiger partial charge is 0.453 e. The maximum absolute atomic E-state index is 5.17. The Morgan fingerprint density at radius 1 is 1.75 bits per heavy atom. The van der Waals surface area contributed by atoms with Crippen LogP contribution in [-0.2, 0) is 4.74 Å². The average molecular weight is 114 g/mol. The highest BCUT2D eigenvalue weighted by Gasteiger charge is 2.07. The molecule has 1 fully saturated rings. The van der Waals surface area contributed by atoms with Crippen molar-refractivity contribution in [1.82, 2.24) is 4.90 Å². The molecule has 1 atom stereocenters. The Bertz CT molecular complexity index is 64.9. The molecule has 0 amide bonds. The van der Waals surface area contributed by atoms with Crippen LogP contribution in [0.15, 0.2) is 0 Å². The van der Waals surface area contributed by atoms with E-state index in [4.69, 9.17) is 4.74 Å². The van der Waals surface area contributed by atoms with Gasteiger partial charge in [-0.2, -0.15) is 0 Å². The molecule has 1 saturated heterocycles. The molecule has 2 nitrogen and oxygen atoms in total. The quantitative estimate of drug-likeness (QED) is 0.425. The second-order valence-corrected chi connectivity index (χ2v) is 2.24. The topological polar surface area (TPSA) is 12.5 Å².